The summed E-state index contributed by atoms with van der Waals surface area (Å²) in [5, 5.41) is 6.78. The van der Waals surface area contributed by atoms with Crippen LogP contribution in [0.25, 0.3) is 22.0 Å². The third-order valence-electron chi connectivity index (χ3n) is 7.31. The maximum atomic E-state index is 15.4. The van der Waals surface area contributed by atoms with Gasteiger partial charge >= 0.3 is 0 Å². The molecule has 2 aliphatic rings. The number of nitrogens with zero attached hydrogens (tertiary/aromatic N) is 2. The molecule has 3 N–H and O–H groups in total. The van der Waals surface area contributed by atoms with Gasteiger partial charge in [-0.25, -0.2) is 17.8 Å². The first-order valence-electron chi connectivity index (χ1n) is 12.7. The highest BCUT2D eigenvalue weighted by molar-refractivity contribution is 7.92. The largest absolute Gasteiger partial charge is 0.475 e. The van der Waals surface area contributed by atoms with E-state index in [2.05, 4.69) is 25.3 Å². The summed E-state index contributed by atoms with van der Waals surface area (Å²) in [5.74, 6) is -0.596. The van der Waals surface area contributed by atoms with Gasteiger partial charge < -0.3 is 20.1 Å². The normalized spacial score (nSPS) is 22.2. The molecule has 208 valence electrons. The number of halogens is 1. The summed E-state index contributed by atoms with van der Waals surface area (Å²) in [6.45, 7) is 6.76. The lowest BCUT2D eigenvalue weighted by atomic mass is 9.56. The maximum Gasteiger partial charge on any atom is 0.238 e. The van der Waals surface area contributed by atoms with Crippen LogP contribution in [0.4, 0.5) is 15.8 Å². The van der Waals surface area contributed by atoms with Crippen LogP contribution in [-0.2, 0) is 25.0 Å². The number of carbonyl (C=O) groups excluding carboxylic acids is 1. The van der Waals surface area contributed by atoms with E-state index in [0.29, 0.717) is 41.5 Å². The van der Waals surface area contributed by atoms with Crippen LogP contribution in [-0.4, -0.2) is 62.5 Å². The number of rotatable bonds is 9. The molecule has 1 fully saturated rings. The van der Waals surface area contributed by atoms with Crippen molar-refractivity contribution in [3.8, 4) is 17.0 Å². The van der Waals surface area contributed by atoms with Crippen LogP contribution < -0.4 is 20.1 Å². The molecular formula is C27H32FN5O5S. The van der Waals surface area contributed by atoms with Crippen LogP contribution in [0.2, 0.25) is 0 Å². The van der Waals surface area contributed by atoms with Gasteiger partial charge in [0.25, 0.3) is 0 Å². The molecule has 3 heterocycles. The Kier molecular flexibility index (Phi) is 6.76. The molecule has 0 atom stereocenters. The molecule has 1 aromatic carbocycles. The van der Waals surface area contributed by atoms with Crippen molar-refractivity contribution in [3.05, 3.63) is 42.0 Å². The van der Waals surface area contributed by atoms with Crippen molar-refractivity contribution in [2.24, 2.45) is 0 Å². The fraction of sp³-hybridized carbons (Fsp3) is 0.444. The average Bonchev–Trinajstić information content (AvgIpc) is 3.12. The average molecular weight is 558 g/mol. The highest BCUT2D eigenvalue weighted by atomic mass is 32.2. The molecule has 0 saturated heterocycles. The van der Waals surface area contributed by atoms with Crippen LogP contribution in [0.15, 0.2) is 30.6 Å². The summed E-state index contributed by atoms with van der Waals surface area (Å²) < 4.78 is 53.3. The molecule has 1 aliphatic heterocycles. The van der Waals surface area contributed by atoms with Gasteiger partial charge in [-0.3, -0.25) is 14.5 Å². The molecule has 0 unspecified atom stereocenters. The molecule has 1 amide bonds. The van der Waals surface area contributed by atoms with Crippen LogP contribution >= 0.6 is 0 Å². The number of sulfonamides is 1. The Bertz CT molecular complexity index is 1570. The number of aromatic nitrogens is 2. The zero-order valence-corrected chi connectivity index (χ0v) is 23.3. The SMILES string of the molecule is COC1(C)CC2(C1)C(=O)Nc1cnc3cc(F)c(-c4cnc(OCCNC(C)C)c(NS(C)(=O)=O)c4)cc3c12. The van der Waals surface area contributed by atoms with E-state index in [-0.39, 0.29) is 35.7 Å². The molecule has 10 nitrogen and oxygen atoms in total. The van der Waals surface area contributed by atoms with Gasteiger partial charge in [-0.15, -0.1) is 0 Å². The summed E-state index contributed by atoms with van der Waals surface area (Å²) in [6, 6.07) is 4.72. The molecule has 39 heavy (non-hydrogen) atoms. The van der Waals surface area contributed by atoms with Gasteiger partial charge in [-0.05, 0) is 31.9 Å². The van der Waals surface area contributed by atoms with Crippen molar-refractivity contribution in [2.45, 2.75) is 50.7 Å². The third kappa shape index (κ3) is 5.04. The van der Waals surface area contributed by atoms with Crippen molar-refractivity contribution in [1.29, 1.82) is 0 Å². The van der Waals surface area contributed by atoms with Gasteiger partial charge in [0.1, 0.15) is 18.1 Å². The number of benzene rings is 1. The number of carbonyl (C=O) groups is 1. The summed E-state index contributed by atoms with van der Waals surface area (Å²) >= 11 is 0. The van der Waals surface area contributed by atoms with Crippen molar-refractivity contribution >= 4 is 38.2 Å². The van der Waals surface area contributed by atoms with Gasteiger partial charge in [0.15, 0.2) is 0 Å². The van der Waals surface area contributed by atoms with Crippen molar-refractivity contribution < 1.29 is 27.1 Å². The Hall–Kier alpha value is -3.35. The van der Waals surface area contributed by atoms with Crippen molar-refractivity contribution in [2.75, 3.05) is 36.6 Å². The van der Waals surface area contributed by atoms with Gasteiger partial charge in [0, 0.05) is 54.0 Å². The number of methoxy groups -OCH3 is 1. The van der Waals surface area contributed by atoms with E-state index in [1.165, 1.54) is 18.3 Å². The van der Waals surface area contributed by atoms with Crippen molar-refractivity contribution in [1.82, 2.24) is 15.3 Å². The fourth-order valence-corrected chi connectivity index (χ4v) is 6.14. The summed E-state index contributed by atoms with van der Waals surface area (Å²) in [7, 11) is -2.05. The molecular weight excluding hydrogens is 525 g/mol. The van der Waals surface area contributed by atoms with E-state index in [1.807, 2.05) is 20.8 Å². The van der Waals surface area contributed by atoms with Crippen molar-refractivity contribution in [3.63, 3.8) is 0 Å². The fourth-order valence-electron chi connectivity index (χ4n) is 5.59. The lowest BCUT2D eigenvalue weighted by molar-refractivity contribution is -0.143. The smallest absolute Gasteiger partial charge is 0.238 e. The highest BCUT2D eigenvalue weighted by Gasteiger charge is 2.62. The Morgan fingerprint density at radius 1 is 1.18 bits per heavy atom. The van der Waals surface area contributed by atoms with E-state index >= 15 is 4.39 Å². The molecule has 12 heteroatoms. The first-order valence-corrected chi connectivity index (χ1v) is 14.6. The molecule has 1 aliphatic carbocycles. The quantitative estimate of drug-likeness (QED) is 0.340. The Labute approximate surface area is 226 Å². The van der Waals surface area contributed by atoms with Crippen LogP contribution in [0.5, 0.6) is 5.88 Å². The standard InChI is InChI=1S/C27H32FN5O5S/c1-15(2)29-6-7-38-24-21(33-39(5,35)36)8-16(11-31-24)17-9-18-20(10-19(17)28)30-12-22-23(18)27(25(34)32-22)13-26(3,14-27)37-4/h8-12,15,29,33H,6-7,13-14H2,1-5H3,(H,32,34). The monoisotopic (exact) mass is 557 g/mol. The van der Waals surface area contributed by atoms with E-state index in [1.54, 1.807) is 19.4 Å². The summed E-state index contributed by atoms with van der Waals surface area (Å²) in [6.07, 6.45) is 4.99. The van der Waals surface area contributed by atoms with Gasteiger partial charge in [-0.2, -0.15) is 0 Å². The summed E-state index contributed by atoms with van der Waals surface area (Å²) in [5.41, 5.74) is 1.18. The lowest BCUT2D eigenvalue weighted by Gasteiger charge is -2.50. The van der Waals surface area contributed by atoms with E-state index in [0.717, 1.165) is 11.8 Å². The maximum absolute atomic E-state index is 15.4. The first-order chi connectivity index (χ1) is 18.3. The third-order valence-corrected chi connectivity index (χ3v) is 7.90. The number of pyridine rings is 2. The zero-order chi connectivity index (χ0) is 28.2. The second-order valence-corrected chi connectivity index (χ2v) is 12.6. The molecule has 3 aromatic rings. The van der Waals surface area contributed by atoms with Gasteiger partial charge in [-0.1, -0.05) is 13.8 Å². The van der Waals surface area contributed by atoms with E-state index in [9.17, 15) is 13.2 Å². The van der Waals surface area contributed by atoms with Crippen LogP contribution in [0.1, 0.15) is 39.2 Å². The second-order valence-electron chi connectivity index (χ2n) is 10.8. The molecule has 1 saturated carbocycles. The topological polar surface area (TPSA) is 132 Å². The van der Waals surface area contributed by atoms with E-state index < -0.39 is 26.9 Å². The number of fused-ring (bicyclic) bond motifs is 4. The number of amides is 1. The number of anilines is 2. The number of nitrogens with one attached hydrogen (secondary N) is 3. The minimum atomic E-state index is -3.67. The minimum absolute atomic E-state index is 0.0838. The van der Waals surface area contributed by atoms with E-state index in [4.69, 9.17) is 9.47 Å². The first kappa shape index (κ1) is 27.2. The number of ether oxygens (including phenoxy) is 2. The molecule has 2 aromatic heterocycles. The second kappa shape index (κ2) is 9.68. The zero-order valence-electron chi connectivity index (χ0n) is 22.5. The van der Waals surface area contributed by atoms with Crippen LogP contribution in [0, 0.1) is 5.82 Å². The minimum Gasteiger partial charge on any atom is -0.475 e. The summed E-state index contributed by atoms with van der Waals surface area (Å²) in [4.78, 5) is 21.8. The van der Waals surface area contributed by atoms with Gasteiger partial charge in [0.05, 0.1) is 34.7 Å². The Morgan fingerprint density at radius 3 is 2.59 bits per heavy atom. The lowest BCUT2D eigenvalue weighted by Crippen LogP contribution is -2.57. The predicted molar refractivity (Wildman–Crippen MR) is 147 cm³/mol. The molecule has 0 radical (unpaired) electrons. The molecule has 0 bridgehead atoms. The van der Waals surface area contributed by atoms with Gasteiger partial charge in [0.2, 0.25) is 21.8 Å². The number of hydrogen-bond donors (Lipinski definition) is 3. The Morgan fingerprint density at radius 2 is 1.92 bits per heavy atom. The number of hydrogen-bond acceptors (Lipinski definition) is 8. The Balaban J connectivity index is 1.57. The van der Waals surface area contributed by atoms with Crippen LogP contribution in [0.3, 0.4) is 0 Å². The molecule has 5 rings (SSSR count). The predicted octanol–water partition coefficient (Wildman–Crippen LogP) is 3.57. The highest BCUT2D eigenvalue weighted by Crippen LogP contribution is 2.58. The molecule has 1 spiro atoms.